The van der Waals surface area contributed by atoms with Crippen LogP contribution in [0.2, 0.25) is 0 Å². The molecule has 39 heavy (non-hydrogen) atoms. The number of carbonyl (C=O) groups excluding carboxylic acids is 2. The van der Waals surface area contributed by atoms with Crippen LogP contribution in [-0.4, -0.2) is 52.4 Å². The topological polar surface area (TPSA) is 54.8 Å². The molecule has 0 aliphatic carbocycles. The van der Waals surface area contributed by atoms with Crippen molar-refractivity contribution in [1.82, 2.24) is 14.4 Å². The highest BCUT2D eigenvalue weighted by molar-refractivity contribution is 5.88. The highest BCUT2D eigenvalue weighted by Gasteiger charge is 2.29. The van der Waals surface area contributed by atoms with E-state index in [2.05, 4.69) is 44.4 Å². The summed E-state index contributed by atoms with van der Waals surface area (Å²) in [5.41, 5.74) is 3.19. The molecule has 6 nitrogen and oxygen atoms in total. The molecule has 0 spiro atoms. The number of carbonyl (C=O) groups is 2. The number of methoxy groups -OCH3 is 1. The molecule has 2 atom stereocenters. The molecule has 1 aromatic heterocycles. The SMILES string of the molecule is CCC(C(=O)N(CC(=O)N(Cc1cccn1Cc1cccc(OC)c1)C(C)CC)CC(C)C)c1ccccc1. The van der Waals surface area contributed by atoms with Crippen molar-refractivity contribution in [1.29, 1.82) is 0 Å². The fourth-order valence-electron chi connectivity index (χ4n) is 4.99. The Bertz CT molecular complexity index is 1190. The highest BCUT2D eigenvalue weighted by Crippen LogP contribution is 2.23. The molecule has 6 heteroatoms. The Balaban J connectivity index is 1.81. The van der Waals surface area contributed by atoms with Crippen LogP contribution in [0.3, 0.4) is 0 Å². The van der Waals surface area contributed by atoms with Crippen LogP contribution < -0.4 is 4.74 Å². The van der Waals surface area contributed by atoms with Crippen molar-refractivity contribution in [3.63, 3.8) is 0 Å². The minimum atomic E-state index is -0.255. The summed E-state index contributed by atoms with van der Waals surface area (Å²) in [4.78, 5) is 31.4. The Kier molecular flexibility index (Phi) is 11.2. The van der Waals surface area contributed by atoms with E-state index in [4.69, 9.17) is 4.74 Å². The molecule has 1 heterocycles. The van der Waals surface area contributed by atoms with Crippen molar-refractivity contribution in [2.24, 2.45) is 5.92 Å². The van der Waals surface area contributed by atoms with Crippen molar-refractivity contribution in [3.8, 4) is 5.75 Å². The number of ether oxygens (including phenoxy) is 1. The number of nitrogens with zero attached hydrogens (tertiary/aromatic N) is 3. The van der Waals surface area contributed by atoms with Gasteiger partial charge in [0.15, 0.2) is 0 Å². The molecule has 0 saturated heterocycles. The first-order valence-electron chi connectivity index (χ1n) is 14.2. The quantitative estimate of drug-likeness (QED) is 0.244. The largest absolute Gasteiger partial charge is 0.497 e. The maximum absolute atomic E-state index is 13.9. The van der Waals surface area contributed by atoms with Gasteiger partial charge in [0.1, 0.15) is 5.75 Å². The van der Waals surface area contributed by atoms with E-state index in [9.17, 15) is 9.59 Å². The normalized spacial score (nSPS) is 12.7. The van der Waals surface area contributed by atoms with Crippen LogP contribution in [0.1, 0.15) is 70.2 Å². The fraction of sp³-hybridized carbons (Fsp3) is 0.455. The van der Waals surface area contributed by atoms with E-state index in [0.29, 0.717) is 26.1 Å². The summed E-state index contributed by atoms with van der Waals surface area (Å²) < 4.78 is 7.57. The van der Waals surface area contributed by atoms with Gasteiger partial charge in [0.2, 0.25) is 11.8 Å². The lowest BCUT2D eigenvalue weighted by molar-refractivity contribution is -0.143. The lowest BCUT2D eigenvalue weighted by atomic mass is 9.94. The van der Waals surface area contributed by atoms with E-state index < -0.39 is 0 Å². The maximum Gasteiger partial charge on any atom is 0.242 e. The van der Waals surface area contributed by atoms with Gasteiger partial charge in [-0.05, 0) is 61.1 Å². The number of hydrogen-bond acceptors (Lipinski definition) is 3. The predicted molar refractivity (Wildman–Crippen MR) is 158 cm³/mol. The number of aromatic nitrogens is 1. The molecule has 0 bridgehead atoms. The third-order valence-corrected chi connectivity index (χ3v) is 7.32. The summed E-state index contributed by atoms with van der Waals surface area (Å²) in [6, 6.07) is 22.1. The maximum atomic E-state index is 13.9. The van der Waals surface area contributed by atoms with Crippen LogP contribution in [0.15, 0.2) is 72.9 Å². The van der Waals surface area contributed by atoms with Crippen molar-refractivity contribution >= 4 is 11.8 Å². The van der Waals surface area contributed by atoms with Gasteiger partial charge >= 0.3 is 0 Å². The van der Waals surface area contributed by atoms with Gasteiger partial charge in [0.25, 0.3) is 0 Å². The second-order valence-corrected chi connectivity index (χ2v) is 10.7. The Morgan fingerprint density at radius 3 is 2.31 bits per heavy atom. The van der Waals surface area contributed by atoms with Crippen LogP contribution in [-0.2, 0) is 22.7 Å². The molecule has 0 radical (unpaired) electrons. The van der Waals surface area contributed by atoms with Gasteiger partial charge < -0.3 is 19.1 Å². The molecule has 210 valence electrons. The van der Waals surface area contributed by atoms with Crippen LogP contribution in [0, 0.1) is 5.92 Å². The summed E-state index contributed by atoms with van der Waals surface area (Å²) in [5, 5.41) is 0. The second kappa shape index (κ2) is 14.6. The molecular weight excluding hydrogens is 486 g/mol. The van der Waals surface area contributed by atoms with Crippen molar-refractivity contribution < 1.29 is 14.3 Å². The smallest absolute Gasteiger partial charge is 0.242 e. The summed E-state index contributed by atoms with van der Waals surface area (Å²) in [6.45, 7) is 12.2. The van der Waals surface area contributed by atoms with Crippen LogP contribution in [0.5, 0.6) is 5.75 Å². The number of rotatable bonds is 14. The van der Waals surface area contributed by atoms with Gasteiger partial charge in [-0.1, -0.05) is 70.2 Å². The van der Waals surface area contributed by atoms with E-state index in [1.165, 1.54) is 0 Å². The van der Waals surface area contributed by atoms with Crippen LogP contribution >= 0.6 is 0 Å². The average Bonchev–Trinajstić information content (AvgIpc) is 3.37. The molecule has 0 aliphatic heterocycles. The number of hydrogen-bond donors (Lipinski definition) is 0. The Morgan fingerprint density at radius 1 is 0.923 bits per heavy atom. The monoisotopic (exact) mass is 531 g/mol. The molecule has 0 aliphatic rings. The molecule has 3 rings (SSSR count). The van der Waals surface area contributed by atoms with Gasteiger partial charge in [-0.15, -0.1) is 0 Å². The van der Waals surface area contributed by atoms with E-state index in [0.717, 1.165) is 29.0 Å². The van der Waals surface area contributed by atoms with Gasteiger partial charge in [-0.2, -0.15) is 0 Å². The molecule has 2 unspecified atom stereocenters. The van der Waals surface area contributed by atoms with E-state index in [-0.39, 0.29) is 36.2 Å². The predicted octanol–water partition coefficient (Wildman–Crippen LogP) is 6.35. The first-order valence-corrected chi connectivity index (χ1v) is 14.2. The minimum Gasteiger partial charge on any atom is -0.497 e. The molecule has 0 saturated carbocycles. The Labute approximate surface area is 234 Å². The van der Waals surface area contributed by atoms with Crippen molar-refractivity contribution in [2.75, 3.05) is 20.2 Å². The number of benzene rings is 2. The van der Waals surface area contributed by atoms with Gasteiger partial charge in [-0.25, -0.2) is 0 Å². The lowest BCUT2D eigenvalue weighted by Crippen LogP contribution is -2.48. The van der Waals surface area contributed by atoms with E-state index in [1.54, 1.807) is 12.0 Å². The summed E-state index contributed by atoms with van der Waals surface area (Å²) in [6.07, 6.45) is 3.58. The fourth-order valence-corrected chi connectivity index (χ4v) is 4.99. The first-order chi connectivity index (χ1) is 18.8. The lowest BCUT2D eigenvalue weighted by Gasteiger charge is -2.34. The summed E-state index contributed by atoms with van der Waals surface area (Å²) >= 11 is 0. The molecular formula is C33H45N3O3. The van der Waals surface area contributed by atoms with Crippen LogP contribution in [0.25, 0.3) is 0 Å². The number of amides is 2. The summed E-state index contributed by atoms with van der Waals surface area (Å²) in [7, 11) is 1.67. The molecule has 2 amide bonds. The van der Waals surface area contributed by atoms with Gasteiger partial charge in [0, 0.05) is 31.0 Å². The standard InChI is InChI=1S/C33H45N3O3/c1-7-26(5)36(23-29-17-13-19-34(29)22-27-14-12-18-30(20-27)39-6)32(37)24-35(21-25(3)4)33(38)31(8-2)28-15-10-9-11-16-28/h9-20,25-26,31H,7-8,21-24H2,1-6H3. The first kappa shape index (κ1) is 30.0. The molecule has 0 fully saturated rings. The van der Waals surface area contributed by atoms with Gasteiger partial charge in [-0.3, -0.25) is 9.59 Å². The Hall–Kier alpha value is -3.54. The molecule has 3 aromatic rings. The zero-order chi connectivity index (χ0) is 28.4. The van der Waals surface area contributed by atoms with Crippen molar-refractivity contribution in [2.45, 2.75) is 72.5 Å². The van der Waals surface area contributed by atoms with E-state index in [1.807, 2.05) is 72.6 Å². The third-order valence-electron chi connectivity index (χ3n) is 7.32. The molecule has 0 N–H and O–H groups in total. The minimum absolute atomic E-state index is 0.0182. The third kappa shape index (κ3) is 8.22. The molecule has 2 aromatic carbocycles. The zero-order valence-corrected chi connectivity index (χ0v) is 24.5. The average molecular weight is 532 g/mol. The Morgan fingerprint density at radius 2 is 1.67 bits per heavy atom. The summed E-state index contributed by atoms with van der Waals surface area (Å²) in [5.74, 6) is 0.835. The highest BCUT2D eigenvalue weighted by atomic mass is 16.5. The van der Waals surface area contributed by atoms with Crippen LogP contribution in [0.4, 0.5) is 0 Å². The van der Waals surface area contributed by atoms with E-state index >= 15 is 0 Å². The zero-order valence-electron chi connectivity index (χ0n) is 24.5. The van der Waals surface area contributed by atoms with Crippen molar-refractivity contribution in [3.05, 3.63) is 89.7 Å². The van der Waals surface area contributed by atoms with Gasteiger partial charge in [0.05, 0.1) is 26.1 Å². The second-order valence-electron chi connectivity index (χ2n) is 10.7.